The monoisotopic (exact) mass is 221 g/mol. The number of nitrogen functional groups attached to an aromatic ring is 1. The molecule has 0 spiro atoms. The molecule has 0 unspecified atom stereocenters. The second kappa shape index (κ2) is 3.96. The summed E-state index contributed by atoms with van der Waals surface area (Å²) in [6.45, 7) is 0.126. The molecule has 0 aromatic carbocycles. The van der Waals surface area contributed by atoms with E-state index in [9.17, 15) is 4.79 Å². The van der Waals surface area contributed by atoms with Crippen LogP contribution in [0.3, 0.4) is 0 Å². The van der Waals surface area contributed by atoms with Crippen molar-refractivity contribution in [3.63, 3.8) is 0 Å². The molecule has 1 heterocycles. The summed E-state index contributed by atoms with van der Waals surface area (Å²) in [5.74, 6) is 1.89. The summed E-state index contributed by atoms with van der Waals surface area (Å²) in [5.41, 5.74) is 10.8. The fourth-order valence-electron chi connectivity index (χ4n) is 1.51. The van der Waals surface area contributed by atoms with E-state index < -0.39 is 5.91 Å². The fraction of sp³-hybridized carbons (Fsp3) is 0.500. The van der Waals surface area contributed by atoms with Crippen LogP contribution in [0.25, 0.3) is 0 Å². The molecule has 0 saturated heterocycles. The van der Waals surface area contributed by atoms with Crippen molar-refractivity contribution in [1.29, 1.82) is 0 Å². The largest absolute Gasteiger partial charge is 0.384 e. The number of amides is 1. The van der Waals surface area contributed by atoms with Crippen molar-refractivity contribution in [1.82, 2.24) is 9.97 Å². The first-order chi connectivity index (χ1) is 7.56. The number of nitrogens with two attached hydrogens (primary N) is 2. The molecule has 2 rings (SSSR count). The lowest BCUT2D eigenvalue weighted by atomic mass is 10.3. The highest BCUT2D eigenvalue weighted by molar-refractivity contribution is 5.79. The molecule has 86 valence electrons. The molecule has 1 aliphatic carbocycles. The van der Waals surface area contributed by atoms with Gasteiger partial charge in [-0.2, -0.15) is 0 Å². The third-order valence-electron chi connectivity index (χ3n) is 2.48. The maximum Gasteiger partial charge on any atom is 0.236 e. The Labute approximate surface area is 93.7 Å². The molecule has 0 bridgehead atoms. The van der Waals surface area contributed by atoms with E-state index in [0.717, 1.165) is 18.7 Å². The van der Waals surface area contributed by atoms with E-state index in [1.54, 1.807) is 18.0 Å². The van der Waals surface area contributed by atoms with Crippen molar-refractivity contribution in [3.8, 4) is 0 Å². The molecule has 1 aromatic rings. The molecule has 16 heavy (non-hydrogen) atoms. The van der Waals surface area contributed by atoms with Gasteiger partial charge in [-0.25, -0.2) is 9.97 Å². The Bertz CT molecular complexity index is 416. The summed E-state index contributed by atoms with van der Waals surface area (Å²) in [6, 6.07) is 1.65. The predicted molar refractivity (Wildman–Crippen MR) is 60.9 cm³/mol. The van der Waals surface area contributed by atoms with Gasteiger partial charge in [0.25, 0.3) is 0 Å². The lowest BCUT2D eigenvalue weighted by molar-refractivity contribution is -0.116. The van der Waals surface area contributed by atoms with Gasteiger partial charge in [0.2, 0.25) is 5.91 Å². The van der Waals surface area contributed by atoms with E-state index in [0.29, 0.717) is 17.6 Å². The maximum absolute atomic E-state index is 10.8. The number of hydrogen-bond donors (Lipinski definition) is 2. The lowest BCUT2D eigenvalue weighted by Gasteiger charge is -2.16. The highest BCUT2D eigenvalue weighted by atomic mass is 16.1. The van der Waals surface area contributed by atoms with Crippen molar-refractivity contribution in [2.75, 3.05) is 24.2 Å². The predicted octanol–water partition coefficient (Wildman–Crippen LogP) is -0.142. The highest BCUT2D eigenvalue weighted by Crippen LogP contribution is 2.38. The summed E-state index contributed by atoms with van der Waals surface area (Å²) in [6.07, 6.45) is 2.23. The van der Waals surface area contributed by atoms with Gasteiger partial charge in [-0.05, 0) is 12.8 Å². The molecule has 6 heteroatoms. The Morgan fingerprint density at radius 3 is 2.81 bits per heavy atom. The van der Waals surface area contributed by atoms with Crippen LogP contribution in [-0.2, 0) is 4.79 Å². The third-order valence-corrected chi connectivity index (χ3v) is 2.48. The molecular formula is C10H15N5O. The quantitative estimate of drug-likeness (QED) is 0.737. The summed E-state index contributed by atoms with van der Waals surface area (Å²) >= 11 is 0. The van der Waals surface area contributed by atoms with Gasteiger partial charge >= 0.3 is 0 Å². The Kier molecular flexibility index (Phi) is 2.64. The van der Waals surface area contributed by atoms with E-state index in [1.165, 1.54) is 0 Å². The molecule has 0 radical (unpaired) electrons. The summed E-state index contributed by atoms with van der Waals surface area (Å²) in [7, 11) is 1.75. The number of hydrogen-bond acceptors (Lipinski definition) is 5. The zero-order chi connectivity index (χ0) is 11.7. The molecule has 1 amide bonds. The first-order valence-electron chi connectivity index (χ1n) is 5.20. The van der Waals surface area contributed by atoms with Crippen molar-refractivity contribution < 1.29 is 4.79 Å². The summed E-state index contributed by atoms with van der Waals surface area (Å²) in [5, 5.41) is 0. The standard InChI is InChI=1S/C10H15N5O/c1-15(5-8(12)16)9-4-7(11)13-10(14-9)6-2-3-6/h4,6H,2-3,5H2,1H3,(H2,12,16)(H2,11,13,14). The minimum absolute atomic E-state index is 0.126. The highest BCUT2D eigenvalue weighted by Gasteiger charge is 2.27. The van der Waals surface area contributed by atoms with E-state index >= 15 is 0 Å². The molecule has 0 aliphatic heterocycles. The Morgan fingerprint density at radius 1 is 1.56 bits per heavy atom. The number of aromatic nitrogens is 2. The fourth-order valence-corrected chi connectivity index (χ4v) is 1.51. The SMILES string of the molecule is CN(CC(N)=O)c1cc(N)nc(C2CC2)n1. The molecule has 1 aliphatic rings. The van der Waals surface area contributed by atoms with Crippen molar-refractivity contribution in [2.24, 2.45) is 5.73 Å². The van der Waals surface area contributed by atoms with Gasteiger partial charge in [0.15, 0.2) is 0 Å². The van der Waals surface area contributed by atoms with Crippen LogP contribution >= 0.6 is 0 Å². The van der Waals surface area contributed by atoms with Gasteiger partial charge in [-0.15, -0.1) is 0 Å². The van der Waals surface area contributed by atoms with Crippen LogP contribution in [0.4, 0.5) is 11.6 Å². The Morgan fingerprint density at radius 2 is 2.25 bits per heavy atom. The Hall–Kier alpha value is -1.85. The molecule has 0 atom stereocenters. The molecular weight excluding hydrogens is 206 g/mol. The molecule has 1 aromatic heterocycles. The second-order valence-corrected chi connectivity index (χ2v) is 4.11. The average Bonchev–Trinajstić information content (AvgIpc) is 2.98. The van der Waals surface area contributed by atoms with Crippen LogP contribution in [0.1, 0.15) is 24.6 Å². The third kappa shape index (κ3) is 2.39. The zero-order valence-electron chi connectivity index (χ0n) is 9.18. The number of rotatable bonds is 4. The van der Waals surface area contributed by atoms with E-state index in [-0.39, 0.29) is 6.54 Å². The van der Waals surface area contributed by atoms with Gasteiger partial charge in [0.05, 0.1) is 6.54 Å². The maximum atomic E-state index is 10.8. The van der Waals surface area contributed by atoms with Crippen molar-refractivity contribution >= 4 is 17.5 Å². The number of likely N-dealkylation sites (N-methyl/N-ethyl adjacent to an activating group) is 1. The van der Waals surface area contributed by atoms with Gasteiger partial charge in [0, 0.05) is 19.0 Å². The first kappa shape index (κ1) is 10.7. The average molecular weight is 221 g/mol. The topological polar surface area (TPSA) is 98.1 Å². The minimum atomic E-state index is -0.396. The van der Waals surface area contributed by atoms with Gasteiger partial charge in [0.1, 0.15) is 17.5 Å². The number of anilines is 2. The van der Waals surface area contributed by atoms with E-state index in [1.807, 2.05) is 0 Å². The number of primary amides is 1. The van der Waals surface area contributed by atoms with Crippen LogP contribution in [-0.4, -0.2) is 29.5 Å². The van der Waals surface area contributed by atoms with Gasteiger partial charge in [-0.1, -0.05) is 0 Å². The van der Waals surface area contributed by atoms with Crippen LogP contribution in [0.15, 0.2) is 6.07 Å². The first-order valence-corrected chi connectivity index (χ1v) is 5.20. The smallest absolute Gasteiger partial charge is 0.236 e. The van der Waals surface area contributed by atoms with Crippen LogP contribution in [0.5, 0.6) is 0 Å². The van der Waals surface area contributed by atoms with Crippen LogP contribution < -0.4 is 16.4 Å². The molecule has 1 saturated carbocycles. The number of carbonyl (C=O) groups is 1. The Balaban J connectivity index is 2.22. The van der Waals surface area contributed by atoms with Gasteiger partial charge in [-0.3, -0.25) is 4.79 Å². The van der Waals surface area contributed by atoms with E-state index in [4.69, 9.17) is 11.5 Å². The van der Waals surface area contributed by atoms with Crippen LogP contribution in [0, 0.1) is 0 Å². The molecule has 1 fully saturated rings. The molecule has 6 nitrogen and oxygen atoms in total. The van der Waals surface area contributed by atoms with E-state index in [2.05, 4.69) is 9.97 Å². The number of nitrogens with zero attached hydrogens (tertiary/aromatic N) is 3. The molecule has 4 N–H and O–H groups in total. The van der Waals surface area contributed by atoms with Crippen molar-refractivity contribution in [3.05, 3.63) is 11.9 Å². The lowest BCUT2D eigenvalue weighted by Crippen LogP contribution is -2.31. The second-order valence-electron chi connectivity index (χ2n) is 4.11. The summed E-state index contributed by atoms with van der Waals surface area (Å²) < 4.78 is 0. The normalized spacial score (nSPS) is 14.8. The number of carbonyl (C=O) groups excluding carboxylic acids is 1. The zero-order valence-corrected chi connectivity index (χ0v) is 9.18. The minimum Gasteiger partial charge on any atom is -0.384 e. The van der Waals surface area contributed by atoms with Gasteiger partial charge < -0.3 is 16.4 Å². The van der Waals surface area contributed by atoms with Crippen molar-refractivity contribution in [2.45, 2.75) is 18.8 Å². The summed E-state index contributed by atoms with van der Waals surface area (Å²) in [4.78, 5) is 21.0. The van der Waals surface area contributed by atoms with Crippen LogP contribution in [0.2, 0.25) is 0 Å².